The van der Waals surface area contributed by atoms with E-state index >= 15 is 0 Å². The molecule has 2 aromatic carbocycles. The van der Waals surface area contributed by atoms with Crippen molar-refractivity contribution in [2.45, 2.75) is 44.3 Å². The van der Waals surface area contributed by atoms with Crippen LogP contribution < -0.4 is 10.6 Å². The minimum atomic E-state index is -0.389. The highest BCUT2D eigenvalue weighted by atomic mass is 32.1. The number of carbonyl (C=O) groups excluding carboxylic acids is 1. The van der Waals surface area contributed by atoms with Crippen LogP contribution in [-0.4, -0.2) is 11.9 Å². The van der Waals surface area contributed by atoms with Gasteiger partial charge in [-0.2, -0.15) is 0 Å². The van der Waals surface area contributed by atoms with Gasteiger partial charge < -0.3 is 5.32 Å². The van der Waals surface area contributed by atoms with Gasteiger partial charge >= 0.3 is 0 Å². The number of nitrogens with one attached hydrogen (secondary N) is 2. The molecule has 1 saturated carbocycles. The normalized spacial score (nSPS) is 15.8. The number of rotatable bonds is 8. The summed E-state index contributed by atoms with van der Waals surface area (Å²) in [6, 6.07) is 22.9. The molecule has 3 aromatic rings. The molecule has 3 nitrogen and oxygen atoms in total. The molecule has 1 fully saturated rings. The molecule has 0 spiro atoms. The van der Waals surface area contributed by atoms with Crippen molar-refractivity contribution in [2.75, 3.05) is 0 Å². The minimum Gasteiger partial charge on any atom is -0.352 e. The third-order valence-electron chi connectivity index (χ3n) is 5.20. The maximum Gasteiger partial charge on any atom is 0.241 e. The van der Waals surface area contributed by atoms with Gasteiger partial charge in [0.25, 0.3) is 0 Å². The van der Waals surface area contributed by atoms with Gasteiger partial charge in [-0.15, -0.1) is 11.3 Å². The SMILES string of the molecule is CCc1ccc([C@@H](N[C@H](C(=O)NC2CC2)c2ccccc2)c2cccs2)cc1. The first-order chi connectivity index (χ1) is 13.7. The average molecular weight is 391 g/mol. The number of hydrogen-bond donors (Lipinski definition) is 2. The quantitative estimate of drug-likeness (QED) is 0.568. The summed E-state index contributed by atoms with van der Waals surface area (Å²) >= 11 is 1.72. The molecule has 0 aliphatic heterocycles. The van der Waals surface area contributed by atoms with Crippen LogP contribution in [0.15, 0.2) is 72.1 Å². The fraction of sp³-hybridized carbons (Fsp3) is 0.292. The van der Waals surface area contributed by atoms with E-state index in [9.17, 15) is 4.79 Å². The number of aryl methyl sites for hydroxylation is 1. The minimum absolute atomic E-state index is 0.0268. The first-order valence-corrected chi connectivity index (χ1v) is 10.9. The number of amides is 1. The topological polar surface area (TPSA) is 41.1 Å². The molecule has 1 aliphatic carbocycles. The molecule has 0 bridgehead atoms. The van der Waals surface area contributed by atoms with Crippen molar-refractivity contribution >= 4 is 17.2 Å². The lowest BCUT2D eigenvalue weighted by atomic mass is 9.99. The van der Waals surface area contributed by atoms with Gasteiger partial charge in [0.05, 0.1) is 6.04 Å². The van der Waals surface area contributed by atoms with Crippen LogP contribution in [0.2, 0.25) is 0 Å². The Labute approximate surface area is 170 Å². The van der Waals surface area contributed by atoms with Crippen molar-refractivity contribution in [3.8, 4) is 0 Å². The van der Waals surface area contributed by atoms with Gasteiger partial charge in [0.2, 0.25) is 5.91 Å². The average Bonchev–Trinajstić information content (AvgIpc) is 3.38. The summed E-state index contributed by atoms with van der Waals surface area (Å²) in [6.07, 6.45) is 3.19. The Hall–Kier alpha value is -2.43. The van der Waals surface area contributed by atoms with E-state index in [0.717, 1.165) is 24.8 Å². The summed E-state index contributed by atoms with van der Waals surface area (Å²) in [5.74, 6) is 0.0560. The summed E-state index contributed by atoms with van der Waals surface area (Å²) in [4.78, 5) is 14.3. The fourth-order valence-corrected chi connectivity index (χ4v) is 4.20. The molecule has 0 saturated heterocycles. The second-order valence-corrected chi connectivity index (χ2v) is 8.32. The molecule has 4 rings (SSSR count). The number of benzene rings is 2. The van der Waals surface area contributed by atoms with Gasteiger partial charge in [-0.25, -0.2) is 0 Å². The third kappa shape index (κ3) is 4.51. The molecule has 1 heterocycles. The highest BCUT2D eigenvalue weighted by Gasteiger charge is 2.30. The van der Waals surface area contributed by atoms with E-state index in [1.807, 2.05) is 30.3 Å². The summed E-state index contributed by atoms with van der Waals surface area (Å²) in [7, 11) is 0. The second-order valence-electron chi connectivity index (χ2n) is 7.34. The van der Waals surface area contributed by atoms with E-state index in [1.54, 1.807) is 11.3 Å². The Morgan fingerprint density at radius 3 is 2.36 bits per heavy atom. The Morgan fingerprint density at radius 2 is 1.75 bits per heavy atom. The van der Waals surface area contributed by atoms with Gasteiger partial charge in [-0.1, -0.05) is 67.6 Å². The van der Waals surface area contributed by atoms with Crippen molar-refractivity contribution in [3.63, 3.8) is 0 Å². The lowest BCUT2D eigenvalue weighted by Gasteiger charge is -2.26. The molecule has 2 atom stereocenters. The molecular formula is C24H26N2OS. The van der Waals surface area contributed by atoms with E-state index in [4.69, 9.17) is 0 Å². The molecule has 4 heteroatoms. The lowest BCUT2D eigenvalue weighted by molar-refractivity contribution is -0.123. The van der Waals surface area contributed by atoms with Crippen LogP contribution in [0.5, 0.6) is 0 Å². The zero-order valence-corrected chi connectivity index (χ0v) is 16.9. The van der Waals surface area contributed by atoms with Crippen molar-refractivity contribution in [2.24, 2.45) is 0 Å². The van der Waals surface area contributed by atoms with Crippen LogP contribution in [-0.2, 0) is 11.2 Å². The standard InChI is InChI=1S/C24H26N2OS/c1-2-17-10-12-19(13-11-17)22(21-9-6-16-28-21)26-23(18-7-4-3-5-8-18)24(27)25-20-14-15-20/h3-13,16,20,22-23,26H,2,14-15H2,1H3,(H,25,27)/t22-,23+/m1/s1. The van der Waals surface area contributed by atoms with E-state index in [0.29, 0.717) is 6.04 Å². The van der Waals surface area contributed by atoms with Crippen LogP contribution >= 0.6 is 11.3 Å². The molecule has 2 N–H and O–H groups in total. The predicted molar refractivity (Wildman–Crippen MR) is 115 cm³/mol. The zero-order chi connectivity index (χ0) is 19.3. The number of hydrogen-bond acceptors (Lipinski definition) is 3. The van der Waals surface area contributed by atoms with Crippen molar-refractivity contribution in [1.29, 1.82) is 0 Å². The molecular weight excluding hydrogens is 364 g/mol. The Morgan fingerprint density at radius 1 is 1.00 bits per heavy atom. The molecule has 144 valence electrons. The van der Waals surface area contributed by atoms with Crippen molar-refractivity contribution in [1.82, 2.24) is 10.6 Å². The molecule has 1 amide bonds. The highest BCUT2D eigenvalue weighted by Crippen LogP contribution is 2.30. The number of carbonyl (C=O) groups is 1. The molecule has 0 unspecified atom stereocenters. The Bertz CT molecular complexity index is 886. The second kappa shape index (κ2) is 8.72. The molecule has 0 radical (unpaired) electrons. The van der Waals surface area contributed by atoms with E-state index in [2.05, 4.69) is 59.3 Å². The van der Waals surface area contributed by atoms with E-state index in [-0.39, 0.29) is 18.0 Å². The highest BCUT2D eigenvalue weighted by molar-refractivity contribution is 7.10. The van der Waals surface area contributed by atoms with Gasteiger partial charge in [0, 0.05) is 10.9 Å². The monoisotopic (exact) mass is 390 g/mol. The van der Waals surface area contributed by atoms with Crippen molar-refractivity contribution in [3.05, 3.63) is 93.7 Å². The number of thiophene rings is 1. The molecule has 1 aliphatic rings. The van der Waals surface area contributed by atoms with E-state index < -0.39 is 0 Å². The molecule has 1 aromatic heterocycles. The van der Waals surface area contributed by atoms with Gasteiger partial charge in [0.1, 0.15) is 6.04 Å². The van der Waals surface area contributed by atoms with Gasteiger partial charge in [-0.3, -0.25) is 10.1 Å². The van der Waals surface area contributed by atoms with Crippen molar-refractivity contribution < 1.29 is 4.79 Å². The maximum absolute atomic E-state index is 13.1. The van der Waals surface area contributed by atoms with E-state index in [1.165, 1.54) is 16.0 Å². The van der Waals surface area contributed by atoms with Gasteiger partial charge in [0.15, 0.2) is 0 Å². The summed E-state index contributed by atoms with van der Waals surface area (Å²) in [6.45, 7) is 2.16. The largest absolute Gasteiger partial charge is 0.352 e. The summed E-state index contributed by atoms with van der Waals surface area (Å²) in [5.41, 5.74) is 3.49. The first kappa shape index (κ1) is 18.9. The Kier molecular flexibility index (Phi) is 5.89. The summed E-state index contributed by atoms with van der Waals surface area (Å²) < 4.78 is 0. The van der Waals surface area contributed by atoms with Crippen LogP contribution in [0.25, 0.3) is 0 Å². The van der Waals surface area contributed by atoms with Gasteiger partial charge in [-0.05, 0) is 47.4 Å². The maximum atomic E-state index is 13.1. The van der Waals surface area contributed by atoms with Crippen LogP contribution in [0.1, 0.15) is 53.4 Å². The third-order valence-corrected chi connectivity index (χ3v) is 6.14. The Balaban J connectivity index is 1.66. The smallest absolute Gasteiger partial charge is 0.241 e. The zero-order valence-electron chi connectivity index (χ0n) is 16.1. The predicted octanol–water partition coefficient (Wildman–Crippen LogP) is 5.01. The molecule has 28 heavy (non-hydrogen) atoms. The van der Waals surface area contributed by atoms with Crippen LogP contribution in [0, 0.1) is 0 Å². The van der Waals surface area contributed by atoms with Crippen LogP contribution in [0.3, 0.4) is 0 Å². The van der Waals surface area contributed by atoms with Crippen LogP contribution in [0.4, 0.5) is 0 Å². The fourth-order valence-electron chi connectivity index (χ4n) is 3.39. The first-order valence-electron chi connectivity index (χ1n) is 9.98. The lowest BCUT2D eigenvalue weighted by Crippen LogP contribution is -2.40. The summed E-state index contributed by atoms with van der Waals surface area (Å²) in [5, 5.41) is 8.92.